The fourth-order valence-corrected chi connectivity index (χ4v) is 3.90. The molecule has 0 saturated heterocycles. The molecule has 7 heteroatoms. The Bertz CT molecular complexity index is 658. The average Bonchev–Trinajstić information content (AvgIpc) is 2.62. The van der Waals surface area contributed by atoms with Gasteiger partial charge in [-0.15, -0.1) is 0 Å². The van der Waals surface area contributed by atoms with Gasteiger partial charge in [0, 0.05) is 26.3 Å². The summed E-state index contributed by atoms with van der Waals surface area (Å²) in [6, 6.07) is 6.59. The first-order valence-electron chi connectivity index (χ1n) is 7.37. The highest BCUT2D eigenvalue weighted by Crippen LogP contribution is 2.29. The van der Waals surface area contributed by atoms with E-state index in [1.54, 1.807) is 6.07 Å². The number of fused-ring (bicyclic) bond motifs is 1. The number of para-hydroxylation sites is 1. The molecule has 0 spiro atoms. The molecule has 1 aromatic carbocycles. The molecule has 1 aromatic rings. The lowest BCUT2D eigenvalue weighted by atomic mass is 9.98. The summed E-state index contributed by atoms with van der Waals surface area (Å²) in [5.41, 5.74) is 1.48. The molecule has 0 radical (unpaired) electrons. The Hall–Kier alpha value is -1.44. The van der Waals surface area contributed by atoms with E-state index in [9.17, 15) is 13.2 Å². The van der Waals surface area contributed by atoms with Crippen molar-refractivity contribution in [1.29, 1.82) is 0 Å². The van der Waals surface area contributed by atoms with Gasteiger partial charge in [0.05, 0.1) is 0 Å². The van der Waals surface area contributed by atoms with Crippen molar-refractivity contribution in [2.24, 2.45) is 5.92 Å². The van der Waals surface area contributed by atoms with E-state index in [2.05, 4.69) is 5.32 Å². The number of hydrogen-bond donors (Lipinski definition) is 1. The summed E-state index contributed by atoms with van der Waals surface area (Å²) in [7, 11) is -0.730. The van der Waals surface area contributed by atoms with E-state index in [4.69, 9.17) is 0 Å². The monoisotopic (exact) mass is 325 g/mol. The van der Waals surface area contributed by atoms with E-state index in [0.717, 1.165) is 9.87 Å². The topological polar surface area (TPSA) is 69.7 Å². The molecular weight excluding hydrogens is 302 g/mol. The molecule has 0 saturated carbocycles. The number of nitrogens with one attached hydrogen (secondary N) is 1. The molecule has 0 fully saturated rings. The number of carbonyl (C=O) groups excluding carboxylic acids is 1. The molecule has 2 rings (SSSR count). The molecule has 1 amide bonds. The van der Waals surface area contributed by atoms with Gasteiger partial charge in [-0.1, -0.05) is 38.5 Å². The number of carbonyl (C=O) groups is 1. The van der Waals surface area contributed by atoms with Crippen LogP contribution in [0.4, 0.5) is 5.69 Å². The molecular formula is C15H23N3O3S. The van der Waals surface area contributed by atoms with Crippen LogP contribution in [0, 0.1) is 5.92 Å². The van der Waals surface area contributed by atoms with Gasteiger partial charge < -0.3 is 5.32 Å². The maximum atomic E-state index is 12.7. The molecule has 0 aromatic heterocycles. The van der Waals surface area contributed by atoms with E-state index >= 15 is 0 Å². The van der Waals surface area contributed by atoms with Gasteiger partial charge in [0.1, 0.15) is 6.04 Å². The first-order chi connectivity index (χ1) is 10.3. The van der Waals surface area contributed by atoms with Crippen LogP contribution < -0.4 is 5.32 Å². The lowest BCUT2D eigenvalue weighted by Gasteiger charge is -2.33. The highest BCUT2D eigenvalue weighted by atomic mass is 32.2. The normalized spacial score (nSPS) is 21.1. The Balaban J connectivity index is 2.56. The Labute approximate surface area is 132 Å². The van der Waals surface area contributed by atoms with Crippen LogP contribution in [0.1, 0.15) is 25.8 Å². The molecule has 1 aliphatic heterocycles. The minimum Gasteiger partial charge on any atom is -0.324 e. The van der Waals surface area contributed by atoms with Crippen LogP contribution >= 0.6 is 0 Å². The number of nitrogens with zero attached hydrogens (tertiary/aromatic N) is 2. The quantitative estimate of drug-likeness (QED) is 0.915. The van der Waals surface area contributed by atoms with Gasteiger partial charge in [-0.2, -0.15) is 17.0 Å². The van der Waals surface area contributed by atoms with Crippen LogP contribution in [0.5, 0.6) is 0 Å². The van der Waals surface area contributed by atoms with Crippen molar-refractivity contribution in [1.82, 2.24) is 8.61 Å². The second kappa shape index (κ2) is 6.36. The van der Waals surface area contributed by atoms with E-state index in [-0.39, 0.29) is 18.4 Å². The third-order valence-electron chi connectivity index (χ3n) is 4.12. The highest BCUT2D eigenvalue weighted by Gasteiger charge is 2.41. The molecule has 1 N–H and O–H groups in total. The van der Waals surface area contributed by atoms with E-state index in [1.807, 2.05) is 32.0 Å². The van der Waals surface area contributed by atoms with Crippen LogP contribution in [0.3, 0.4) is 0 Å². The van der Waals surface area contributed by atoms with Crippen LogP contribution in [-0.4, -0.2) is 43.1 Å². The van der Waals surface area contributed by atoms with Crippen LogP contribution in [0.2, 0.25) is 0 Å². The maximum Gasteiger partial charge on any atom is 0.282 e. The van der Waals surface area contributed by atoms with Gasteiger partial charge in [0.25, 0.3) is 10.2 Å². The number of hydrogen-bond acceptors (Lipinski definition) is 3. The molecule has 0 bridgehead atoms. The molecule has 6 nitrogen and oxygen atoms in total. The highest BCUT2D eigenvalue weighted by molar-refractivity contribution is 7.86. The van der Waals surface area contributed by atoms with Gasteiger partial charge in [-0.25, -0.2) is 0 Å². The zero-order valence-electron chi connectivity index (χ0n) is 13.4. The standard InChI is InChI=1S/C15H23N3O3S/c1-5-11(2)14-15(19)16-13-9-7-6-8-12(13)10-18(14)22(20,21)17(3)4/h6-9,11,14H,5,10H2,1-4H3,(H,16,19)/t11-,14-/m0/s1. The largest absolute Gasteiger partial charge is 0.324 e. The lowest BCUT2D eigenvalue weighted by molar-refractivity contribution is -0.121. The van der Waals surface area contributed by atoms with Gasteiger partial charge >= 0.3 is 0 Å². The number of amides is 1. The average molecular weight is 325 g/mol. The zero-order valence-corrected chi connectivity index (χ0v) is 14.2. The zero-order chi connectivity index (χ0) is 16.5. The van der Waals surface area contributed by atoms with Crippen molar-refractivity contribution in [2.45, 2.75) is 32.9 Å². The number of anilines is 1. The lowest BCUT2D eigenvalue weighted by Crippen LogP contribution is -2.52. The minimum atomic E-state index is -3.70. The molecule has 22 heavy (non-hydrogen) atoms. The van der Waals surface area contributed by atoms with E-state index in [1.165, 1.54) is 18.4 Å². The molecule has 0 aliphatic carbocycles. The van der Waals surface area contributed by atoms with Crippen molar-refractivity contribution >= 4 is 21.8 Å². The van der Waals surface area contributed by atoms with Crippen molar-refractivity contribution in [3.05, 3.63) is 29.8 Å². The van der Waals surface area contributed by atoms with Crippen molar-refractivity contribution < 1.29 is 13.2 Å². The third kappa shape index (κ3) is 3.02. The fourth-order valence-electron chi connectivity index (χ4n) is 2.58. The second-order valence-corrected chi connectivity index (χ2v) is 7.91. The van der Waals surface area contributed by atoms with Crippen LogP contribution in [0.25, 0.3) is 0 Å². The molecule has 0 unspecified atom stereocenters. The van der Waals surface area contributed by atoms with Gasteiger partial charge in [-0.3, -0.25) is 4.79 Å². The second-order valence-electron chi connectivity index (χ2n) is 5.81. The first kappa shape index (κ1) is 16.9. The Morgan fingerprint density at radius 3 is 2.59 bits per heavy atom. The summed E-state index contributed by atoms with van der Waals surface area (Å²) in [5.74, 6) is -0.353. The summed E-state index contributed by atoms with van der Waals surface area (Å²) in [4.78, 5) is 12.6. The van der Waals surface area contributed by atoms with Crippen molar-refractivity contribution in [3.63, 3.8) is 0 Å². The smallest absolute Gasteiger partial charge is 0.282 e. The molecule has 1 aliphatic rings. The van der Waals surface area contributed by atoms with Crippen LogP contribution in [-0.2, 0) is 21.5 Å². The van der Waals surface area contributed by atoms with Gasteiger partial charge in [0.15, 0.2) is 0 Å². The SMILES string of the molecule is CC[C@H](C)[C@H]1C(=O)Nc2ccccc2CN1S(=O)(=O)N(C)C. The fraction of sp³-hybridized carbons (Fsp3) is 0.533. The number of benzene rings is 1. The Kier molecular flexibility index (Phi) is 4.89. The number of rotatable bonds is 4. The summed E-state index contributed by atoms with van der Waals surface area (Å²) in [6.07, 6.45) is 0.716. The van der Waals surface area contributed by atoms with Gasteiger partial charge in [0.2, 0.25) is 5.91 Å². The first-order valence-corrected chi connectivity index (χ1v) is 8.76. The predicted octanol–water partition coefficient (Wildman–Crippen LogP) is 1.66. The van der Waals surface area contributed by atoms with Crippen molar-refractivity contribution in [2.75, 3.05) is 19.4 Å². The Morgan fingerprint density at radius 1 is 1.36 bits per heavy atom. The van der Waals surface area contributed by atoms with E-state index < -0.39 is 16.3 Å². The summed E-state index contributed by atoms with van der Waals surface area (Å²) in [6.45, 7) is 4.04. The maximum absolute atomic E-state index is 12.7. The van der Waals surface area contributed by atoms with Gasteiger partial charge in [-0.05, 0) is 17.5 Å². The van der Waals surface area contributed by atoms with Crippen LogP contribution in [0.15, 0.2) is 24.3 Å². The van der Waals surface area contributed by atoms with Crippen molar-refractivity contribution in [3.8, 4) is 0 Å². The predicted molar refractivity (Wildman–Crippen MR) is 86.5 cm³/mol. The summed E-state index contributed by atoms with van der Waals surface area (Å²) >= 11 is 0. The third-order valence-corrected chi connectivity index (χ3v) is 5.99. The van der Waals surface area contributed by atoms with E-state index in [0.29, 0.717) is 12.1 Å². The molecule has 2 atom stereocenters. The summed E-state index contributed by atoms with van der Waals surface area (Å²) in [5, 5.41) is 2.87. The minimum absolute atomic E-state index is 0.0796. The molecule has 1 heterocycles. The molecule has 122 valence electrons. The summed E-state index contributed by atoms with van der Waals surface area (Å²) < 4.78 is 27.9. The Morgan fingerprint density at radius 2 is 2.00 bits per heavy atom.